The number of aromatic nitrogens is 1. The standard InChI is InChI=1S/C14H8ClNO2/c15-13-6-5-12(18-13)14(17)10-7-9-3-1-2-4-11(9)16-8-10/h1-8H. The number of benzene rings is 1. The number of carbonyl (C=O) groups is 1. The van der Waals surface area contributed by atoms with Crippen LogP contribution in [0, 0.1) is 0 Å². The van der Waals surface area contributed by atoms with E-state index in [1.807, 2.05) is 24.3 Å². The molecule has 88 valence electrons. The monoisotopic (exact) mass is 257 g/mol. The van der Waals surface area contributed by atoms with Crippen LogP contribution in [0.3, 0.4) is 0 Å². The predicted molar refractivity (Wildman–Crippen MR) is 68.9 cm³/mol. The molecule has 0 aliphatic rings. The Labute approximate surface area is 108 Å². The Hall–Kier alpha value is -2.13. The third kappa shape index (κ3) is 1.89. The lowest BCUT2D eigenvalue weighted by Crippen LogP contribution is -2.00. The lowest BCUT2D eigenvalue weighted by atomic mass is 10.1. The Morgan fingerprint density at radius 3 is 2.78 bits per heavy atom. The van der Waals surface area contributed by atoms with Crippen LogP contribution in [0.15, 0.2) is 53.1 Å². The zero-order chi connectivity index (χ0) is 12.5. The fourth-order valence-electron chi connectivity index (χ4n) is 1.77. The summed E-state index contributed by atoms with van der Waals surface area (Å²) in [4.78, 5) is 16.3. The zero-order valence-electron chi connectivity index (χ0n) is 9.26. The first-order valence-corrected chi connectivity index (χ1v) is 5.77. The molecule has 0 aliphatic heterocycles. The van der Waals surface area contributed by atoms with E-state index in [9.17, 15) is 4.79 Å². The van der Waals surface area contributed by atoms with Crippen LogP contribution >= 0.6 is 11.6 Å². The molecule has 0 fully saturated rings. The van der Waals surface area contributed by atoms with Gasteiger partial charge in [-0.2, -0.15) is 0 Å². The number of hydrogen-bond donors (Lipinski definition) is 0. The van der Waals surface area contributed by atoms with E-state index in [0.717, 1.165) is 10.9 Å². The molecule has 0 radical (unpaired) electrons. The summed E-state index contributed by atoms with van der Waals surface area (Å²) in [6.07, 6.45) is 1.54. The minimum atomic E-state index is -0.222. The largest absolute Gasteiger partial charge is 0.441 e. The van der Waals surface area contributed by atoms with Gasteiger partial charge in [0.25, 0.3) is 0 Å². The number of para-hydroxylation sites is 1. The number of hydrogen-bond acceptors (Lipinski definition) is 3. The van der Waals surface area contributed by atoms with Gasteiger partial charge in [0, 0.05) is 17.1 Å². The molecule has 3 aromatic rings. The van der Waals surface area contributed by atoms with Crippen LogP contribution < -0.4 is 0 Å². The SMILES string of the molecule is O=C(c1cnc2ccccc2c1)c1ccc(Cl)o1. The number of carbonyl (C=O) groups excluding carboxylic acids is 1. The second-order valence-corrected chi connectivity index (χ2v) is 4.22. The second-order valence-electron chi connectivity index (χ2n) is 3.85. The normalized spacial score (nSPS) is 10.7. The fraction of sp³-hybridized carbons (Fsp3) is 0. The topological polar surface area (TPSA) is 43.1 Å². The molecule has 0 spiro atoms. The summed E-state index contributed by atoms with van der Waals surface area (Å²) in [7, 11) is 0. The summed E-state index contributed by atoms with van der Waals surface area (Å²) in [5, 5.41) is 1.12. The Balaban J connectivity index is 2.06. The first-order valence-electron chi connectivity index (χ1n) is 5.39. The number of ketones is 1. The van der Waals surface area contributed by atoms with Crippen molar-refractivity contribution in [1.29, 1.82) is 0 Å². The van der Waals surface area contributed by atoms with Crippen LogP contribution in [0.5, 0.6) is 0 Å². The number of fused-ring (bicyclic) bond motifs is 1. The van der Waals surface area contributed by atoms with Gasteiger partial charge in [0.05, 0.1) is 5.52 Å². The maximum absolute atomic E-state index is 12.1. The second kappa shape index (κ2) is 4.27. The van der Waals surface area contributed by atoms with Gasteiger partial charge in [0.2, 0.25) is 5.78 Å². The molecular weight excluding hydrogens is 250 g/mol. The summed E-state index contributed by atoms with van der Waals surface area (Å²) in [6, 6.07) is 12.5. The van der Waals surface area contributed by atoms with Gasteiger partial charge in [0.1, 0.15) is 0 Å². The van der Waals surface area contributed by atoms with Crippen molar-refractivity contribution in [2.75, 3.05) is 0 Å². The maximum atomic E-state index is 12.1. The van der Waals surface area contributed by atoms with E-state index in [1.165, 1.54) is 0 Å². The summed E-state index contributed by atoms with van der Waals surface area (Å²) in [5.74, 6) is -0.00256. The van der Waals surface area contributed by atoms with Gasteiger partial charge in [-0.3, -0.25) is 9.78 Å². The molecule has 1 aromatic carbocycles. The van der Waals surface area contributed by atoms with E-state index >= 15 is 0 Å². The highest BCUT2D eigenvalue weighted by Crippen LogP contribution is 2.19. The minimum Gasteiger partial charge on any atom is -0.441 e. The van der Waals surface area contributed by atoms with Crippen molar-refractivity contribution in [3.8, 4) is 0 Å². The van der Waals surface area contributed by atoms with Gasteiger partial charge in [-0.25, -0.2) is 0 Å². The molecule has 3 rings (SSSR count). The number of halogens is 1. The maximum Gasteiger partial charge on any atom is 0.229 e. The molecule has 0 amide bonds. The highest BCUT2D eigenvalue weighted by Gasteiger charge is 2.14. The van der Waals surface area contributed by atoms with Crippen LogP contribution in [-0.4, -0.2) is 10.8 Å². The molecule has 2 heterocycles. The highest BCUT2D eigenvalue weighted by molar-refractivity contribution is 6.29. The third-order valence-corrected chi connectivity index (χ3v) is 2.85. The zero-order valence-corrected chi connectivity index (χ0v) is 10.0. The molecule has 0 N–H and O–H groups in total. The van der Waals surface area contributed by atoms with Crippen molar-refractivity contribution in [2.45, 2.75) is 0 Å². The van der Waals surface area contributed by atoms with Crippen LogP contribution in [0.25, 0.3) is 10.9 Å². The van der Waals surface area contributed by atoms with Crippen molar-refractivity contribution in [3.63, 3.8) is 0 Å². The van der Waals surface area contributed by atoms with Gasteiger partial charge >= 0.3 is 0 Å². The molecule has 0 atom stereocenters. The summed E-state index contributed by atoms with van der Waals surface area (Å²) < 4.78 is 5.10. The molecule has 0 aliphatic carbocycles. The van der Waals surface area contributed by atoms with E-state index in [2.05, 4.69) is 4.98 Å². The van der Waals surface area contributed by atoms with Crippen molar-refractivity contribution in [1.82, 2.24) is 4.98 Å². The molecule has 3 nitrogen and oxygen atoms in total. The lowest BCUT2D eigenvalue weighted by molar-refractivity contribution is 0.101. The van der Waals surface area contributed by atoms with Gasteiger partial charge in [-0.15, -0.1) is 0 Å². The van der Waals surface area contributed by atoms with Crippen LogP contribution in [-0.2, 0) is 0 Å². The summed E-state index contributed by atoms with van der Waals surface area (Å²) in [6.45, 7) is 0. The Morgan fingerprint density at radius 2 is 2.00 bits per heavy atom. The van der Waals surface area contributed by atoms with Gasteiger partial charge in [0.15, 0.2) is 11.0 Å². The molecule has 4 heteroatoms. The van der Waals surface area contributed by atoms with Crippen LogP contribution in [0.1, 0.15) is 16.1 Å². The van der Waals surface area contributed by atoms with Crippen molar-refractivity contribution in [3.05, 3.63) is 65.2 Å². The van der Waals surface area contributed by atoms with Crippen molar-refractivity contribution < 1.29 is 9.21 Å². The number of nitrogens with zero attached hydrogens (tertiary/aromatic N) is 1. The Kier molecular flexibility index (Phi) is 2.61. The number of pyridine rings is 1. The van der Waals surface area contributed by atoms with E-state index in [0.29, 0.717) is 5.56 Å². The molecule has 0 saturated carbocycles. The quantitative estimate of drug-likeness (QED) is 0.657. The molecule has 0 bridgehead atoms. The van der Waals surface area contributed by atoms with Crippen LogP contribution in [0.2, 0.25) is 5.22 Å². The fourth-order valence-corrected chi connectivity index (χ4v) is 1.92. The molecule has 18 heavy (non-hydrogen) atoms. The van der Waals surface area contributed by atoms with Crippen molar-refractivity contribution in [2.24, 2.45) is 0 Å². The van der Waals surface area contributed by atoms with E-state index in [4.69, 9.17) is 16.0 Å². The minimum absolute atomic E-state index is 0.201. The molecule has 0 saturated heterocycles. The van der Waals surface area contributed by atoms with E-state index < -0.39 is 0 Å². The number of furan rings is 1. The Bertz CT molecular complexity index is 733. The molecule has 0 unspecified atom stereocenters. The summed E-state index contributed by atoms with van der Waals surface area (Å²) >= 11 is 5.65. The number of rotatable bonds is 2. The Morgan fingerprint density at radius 1 is 1.17 bits per heavy atom. The lowest BCUT2D eigenvalue weighted by Gasteiger charge is -2.00. The van der Waals surface area contributed by atoms with E-state index in [1.54, 1.807) is 24.4 Å². The van der Waals surface area contributed by atoms with Gasteiger partial charge < -0.3 is 4.42 Å². The van der Waals surface area contributed by atoms with Gasteiger partial charge in [-0.05, 0) is 35.9 Å². The molecule has 2 aromatic heterocycles. The van der Waals surface area contributed by atoms with Crippen molar-refractivity contribution >= 4 is 28.3 Å². The first kappa shape index (κ1) is 11.0. The van der Waals surface area contributed by atoms with Gasteiger partial charge in [-0.1, -0.05) is 18.2 Å². The first-order chi connectivity index (χ1) is 8.74. The molecular formula is C14H8ClNO2. The highest BCUT2D eigenvalue weighted by atomic mass is 35.5. The smallest absolute Gasteiger partial charge is 0.229 e. The van der Waals surface area contributed by atoms with E-state index in [-0.39, 0.29) is 16.8 Å². The average molecular weight is 258 g/mol. The average Bonchev–Trinajstić information content (AvgIpc) is 2.84. The van der Waals surface area contributed by atoms with Crippen LogP contribution in [0.4, 0.5) is 0 Å². The third-order valence-electron chi connectivity index (χ3n) is 2.65. The summed E-state index contributed by atoms with van der Waals surface area (Å²) in [5.41, 5.74) is 1.34. The predicted octanol–water partition coefficient (Wildman–Crippen LogP) is 3.71.